The lowest BCUT2D eigenvalue weighted by Crippen LogP contribution is -2.08. The predicted octanol–water partition coefficient (Wildman–Crippen LogP) is 3.65. The number of nitrogens with zero attached hydrogens (tertiary/aromatic N) is 4. The van der Waals surface area contributed by atoms with Crippen LogP contribution in [0.15, 0.2) is 24.3 Å². The van der Waals surface area contributed by atoms with E-state index in [9.17, 15) is 0 Å². The van der Waals surface area contributed by atoms with Crippen LogP contribution in [0.25, 0.3) is 5.69 Å². The Hall–Kier alpha value is -2.93. The lowest BCUT2D eigenvalue weighted by molar-refractivity contribution is 0.798. The van der Waals surface area contributed by atoms with Crippen molar-refractivity contribution in [3.8, 4) is 5.69 Å². The topological polar surface area (TPSA) is 79.7 Å². The van der Waals surface area contributed by atoms with Crippen LogP contribution in [-0.2, 0) is 13.0 Å². The third-order valence-electron chi connectivity index (χ3n) is 4.86. The smallest absolute Gasteiger partial charge is 0.229 e. The summed E-state index contributed by atoms with van der Waals surface area (Å²) in [6.07, 6.45) is 0.931. The maximum absolute atomic E-state index is 4.80. The summed E-state index contributed by atoms with van der Waals surface area (Å²) in [5, 5.41) is 14.4. The first-order valence-corrected chi connectivity index (χ1v) is 9.60. The number of aryl methyl sites for hydroxylation is 3. The van der Waals surface area contributed by atoms with Crippen molar-refractivity contribution in [2.75, 3.05) is 24.7 Å². The summed E-state index contributed by atoms with van der Waals surface area (Å²) in [5.41, 5.74) is 7.61. The molecule has 2 aromatic heterocycles. The van der Waals surface area contributed by atoms with Gasteiger partial charge >= 0.3 is 0 Å². The number of benzene rings is 1. The van der Waals surface area contributed by atoms with Crippen LogP contribution in [0.1, 0.15) is 35.1 Å². The Morgan fingerprint density at radius 3 is 2.50 bits per heavy atom. The Bertz CT molecular complexity index is 975. The minimum absolute atomic E-state index is 0.573. The van der Waals surface area contributed by atoms with E-state index in [0.717, 1.165) is 47.2 Å². The van der Waals surface area contributed by atoms with Gasteiger partial charge in [-0.25, -0.2) is 9.67 Å². The van der Waals surface area contributed by atoms with Crippen LogP contribution in [0.4, 0.5) is 17.5 Å². The van der Waals surface area contributed by atoms with Gasteiger partial charge in [-0.2, -0.15) is 10.1 Å². The average Bonchev–Trinajstić information content (AvgIpc) is 2.96. The van der Waals surface area contributed by atoms with Gasteiger partial charge < -0.3 is 16.0 Å². The molecule has 1 aromatic carbocycles. The summed E-state index contributed by atoms with van der Waals surface area (Å²) in [7, 11) is 3.81. The second-order valence-electron chi connectivity index (χ2n) is 6.88. The van der Waals surface area contributed by atoms with E-state index in [-0.39, 0.29) is 0 Å². The molecule has 0 radical (unpaired) electrons. The van der Waals surface area contributed by atoms with Crippen molar-refractivity contribution < 1.29 is 0 Å². The van der Waals surface area contributed by atoms with Crippen LogP contribution >= 0.6 is 0 Å². The Morgan fingerprint density at radius 2 is 1.82 bits per heavy atom. The Labute approximate surface area is 166 Å². The second kappa shape index (κ2) is 8.39. The van der Waals surface area contributed by atoms with Gasteiger partial charge in [0.05, 0.1) is 11.4 Å². The first-order valence-electron chi connectivity index (χ1n) is 9.60. The highest BCUT2D eigenvalue weighted by Crippen LogP contribution is 2.26. The van der Waals surface area contributed by atoms with Crippen LogP contribution in [0, 0.1) is 20.8 Å². The molecule has 0 amide bonds. The standard InChI is InChI=1S/C21H29N7/c1-7-16-8-9-17(25-21-24-13(2)10-20(23-6)26-21)11-19(16)28-15(4)18(12-22-5)14(3)27-28/h8-11,22H,7,12H2,1-6H3,(H2,23,24,25,26). The van der Waals surface area contributed by atoms with E-state index in [2.05, 4.69) is 64.9 Å². The summed E-state index contributed by atoms with van der Waals surface area (Å²) in [4.78, 5) is 8.98. The average molecular weight is 380 g/mol. The number of aromatic nitrogens is 4. The normalized spacial score (nSPS) is 10.9. The van der Waals surface area contributed by atoms with Gasteiger partial charge in [-0.1, -0.05) is 13.0 Å². The fourth-order valence-electron chi connectivity index (χ4n) is 3.36. The molecule has 0 atom stereocenters. The van der Waals surface area contributed by atoms with Gasteiger partial charge in [0.25, 0.3) is 0 Å². The number of nitrogens with one attached hydrogen (secondary N) is 3. The molecule has 0 saturated carbocycles. The zero-order valence-electron chi connectivity index (χ0n) is 17.5. The third kappa shape index (κ3) is 3.99. The molecule has 3 rings (SSSR count). The molecule has 7 heteroatoms. The molecule has 7 nitrogen and oxygen atoms in total. The van der Waals surface area contributed by atoms with E-state index in [0.29, 0.717) is 5.95 Å². The van der Waals surface area contributed by atoms with E-state index < -0.39 is 0 Å². The van der Waals surface area contributed by atoms with Crippen LogP contribution in [0.2, 0.25) is 0 Å². The van der Waals surface area contributed by atoms with Crippen molar-refractivity contribution in [2.24, 2.45) is 0 Å². The maximum Gasteiger partial charge on any atom is 0.229 e. The molecular formula is C21H29N7. The number of anilines is 3. The Kier molecular flexibility index (Phi) is 5.94. The molecule has 0 aliphatic rings. The molecule has 0 fully saturated rings. The van der Waals surface area contributed by atoms with Gasteiger partial charge in [0, 0.05) is 42.3 Å². The summed E-state index contributed by atoms with van der Waals surface area (Å²) in [5.74, 6) is 1.36. The monoisotopic (exact) mass is 379 g/mol. The summed E-state index contributed by atoms with van der Waals surface area (Å²) < 4.78 is 2.04. The molecule has 3 aromatic rings. The molecule has 0 aliphatic carbocycles. The fraction of sp³-hybridized carbons (Fsp3) is 0.381. The van der Waals surface area contributed by atoms with Crippen molar-refractivity contribution in [1.82, 2.24) is 25.1 Å². The van der Waals surface area contributed by atoms with E-state index in [1.807, 2.05) is 31.8 Å². The molecular weight excluding hydrogens is 350 g/mol. The van der Waals surface area contributed by atoms with Crippen molar-refractivity contribution in [2.45, 2.75) is 40.7 Å². The van der Waals surface area contributed by atoms with Crippen LogP contribution in [-0.4, -0.2) is 33.8 Å². The highest BCUT2D eigenvalue weighted by atomic mass is 15.3. The molecule has 3 N–H and O–H groups in total. The van der Waals surface area contributed by atoms with Gasteiger partial charge in [-0.05, 0) is 51.9 Å². The quantitative estimate of drug-likeness (QED) is 0.581. The summed E-state index contributed by atoms with van der Waals surface area (Å²) in [6.45, 7) is 9.10. The van der Waals surface area contributed by atoms with Crippen molar-refractivity contribution in [3.63, 3.8) is 0 Å². The predicted molar refractivity (Wildman–Crippen MR) is 115 cm³/mol. The first-order chi connectivity index (χ1) is 13.5. The minimum atomic E-state index is 0.573. The van der Waals surface area contributed by atoms with Crippen molar-refractivity contribution >= 4 is 17.5 Å². The highest BCUT2D eigenvalue weighted by Gasteiger charge is 2.15. The van der Waals surface area contributed by atoms with Gasteiger partial charge in [0.2, 0.25) is 5.95 Å². The van der Waals surface area contributed by atoms with E-state index in [1.54, 1.807) is 0 Å². The number of rotatable bonds is 7. The van der Waals surface area contributed by atoms with Gasteiger partial charge in [0.1, 0.15) is 5.82 Å². The maximum atomic E-state index is 4.80. The van der Waals surface area contributed by atoms with Crippen molar-refractivity contribution in [1.29, 1.82) is 0 Å². The van der Waals surface area contributed by atoms with Crippen LogP contribution in [0.5, 0.6) is 0 Å². The van der Waals surface area contributed by atoms with Gasteiger partial charge in [0.15, 0.2) is 0 Å². The lowest BCUT2D eigenvalue weighted by atomic mass is 10.1. The second-order valence-corrected chi connectivity index (χ2v) is 6.88. The summed E-state index contributed by atoms with van der Waals surface area (Å²) in [6, 6.07) is 8.23. The summed E-state index contributed by atoms with van der Waals surface area (Å²) >= 11 is 0. The molecule has 2 heterocycles. The van der Waals surface area contributed by atoms with E-state index in [1.165, 1.54) is 11.1 Å². The van der Waals surface area contributed by atoms with Crippen LogP contribution in [0.3, 0.4) is 0 Å². The molecule has 0 aliphatic heterocycles. The molecule has 0 saturated heterocycles. The number of hydrogen-bond acceptors (Lipinski definition) is 6. The molecule has 28 heavy (non-hydrogen) atoms. The number of hydrogen-bond donors (Lipinski definition) is 3. The largest absolute Gasteiger partial charge is 0.373 e. The fourth-order valence-corrected chi connectivity index (χ4v) is 3.36. The minimum Gasteiger partial charge on any atom is -0.373 e. The Balaban J connectivity index is 2.02. The zero-order chi connectivity index (χ0) is 20.3. The lowest BCUT2D eigenvalue weighted by Gasteiger charge is -2.14. The van der Waals surface area contributed by atoms with Crippen molar-refractivity contribution in [3.05, 3.63) is 52.5 Å². The van der Waals surface area contributed by atoms with Gasteiger partial charge in [-0.3, -0.25) is 0 Å². The third-order valence-corrected chi connectivity index (χ3v) is 4.86. The van der Waals surface area contributed by atoms with E-state index >= 15 is 0 Å². The Morgan fingerprint density at radius 1 is 1.04 bits per heavy atom. The molecule has 0 bridgehead atoms. The first kappa shape index (κ1) is 19.8. The molecule has 148 valence electrons. The zero-order valence-corrected chi connectivity index (χ0v) is 17.5. The van der Waals surface area contributed by atoms with Gasteiger partial charge in [-0.15, -0.1) is 0 Å². The molecule has 0 spiro atoms. The SMILES string of the molecule is CCc1ccc(Nc2nc(C)cc(NC)n2)cc1-n1nc(C)c(CNC)c1C. The van der Waals surface area contributed by atoms with E-state index in [4.69, 9.17) is 5.10 Å². The molecule has 0 unspecified atom stereocenters. The van der Waals surface area contributed by atoms with Crippen LogP contribution < -0.4 is 16.0 Å². The highest BCUT2D eigenvalue weighted by molar-refractivity contribution is 5.61.